The Balaban J connectivity index is 2.28. The molecule has 0 aliphatic heterocycles. The molecule has 116 valence electrons. The van der Waals surface area contributed by atoms with E-state index in [1.807, 2.05) is 24.0 Å². The fraction of sp³-hybridized carbons (Fsp3) is 0.350. The van der Waals surface area contributed by atoms with Crippen molar-refractivity contribution in [3.8, 4) is 0 Å². The molecule has 0 saturated heterocycles. The van der Waals surface area contributed by atoms with Crippen molar-refractivity contribution >= 4 is 5.91 Å². The zero-order chi connectivity index (χ0) is 15.9. The van der Waals surface area contributed by atoms with Crippen molar-refractivity contribution in [2.24, 2.45) is 0 Å². The van der Waals surface area contributed by atoms with E-state index in [1.165, 1.54) is 11.1 Å². The lowest BCUT2D eigenvalue weighted by molar-refractivity contribution is -0.130. The van der Waals surface area contributed by atoms with Crippen LogP contribution in [0.25, 0.3) is 0 Å². The Morgan fingerprint density at radius 2 is 1.41 bits per heavy atom. The minimum atomic E-state index is 0.148. The quantitative estimate of drug-likeness (QED) is 0.770. The van der Waals surface area contributed by atoms with Crippen molar-refractivity contribution in [2.75, 3.05) is 6.54 Å². The van der Waals surface area contributed by atoms with Crippen LogP contribution in [0.15, 0.2) is 60.7 Å². The molecule has 0 fully saturated rings. The maximum Gasteiger partial charge on any atom is 0.219 e. The van der Waals surface area contributed by atoms with E-state index in [-0.39, 0.29) is 11.9 Å². The number of benzene rings is 2. The van der Waals surface area contributed by atoms with Gasteiger partial charge in [-0.1, -0.05) is 60.7 Å². The van der Waals surface area contributed by atoms with Gasteiger partial charge in [-0.2, -0.15) is 0 Å². The largest absolute Gasteiger partial charge is 0.340 e. The number of amides is 1. The molecule has 0 N–H and O–H groups in total. The Kier molecular flexibility index (Phi) is 5.76. The summed E-state index contributed by atoms with van der Waals surface area (Å²) in [4.78, 5) is 13.7. The first-order chi connectivity index (χ1) is 10.6. The normalized spacial score (nSPS) is 12.2. The third-order valence-electron chi connectivity index (χ3n) is 4.26. The highest BCUT2D eigenvalue weighted by Crippen LogP contribution is 2.30. The number of carbonyl (C=O) groups is 1. The van der Waals surface area contributed by atoms with Crippen molar-refractivity contribution in [3.63, 3.8) is 0 Å². The van der Waals surface area contributed by atoms with Crippen molar-refractivity contribution in [2.45, 2.75) is 39.2 Å². The van der Waals surface area contributed by atoms with E-state index in [1.54, 1.807) is 6.92 Å². The van der Waals surface area contributed by atoms with E-state index in [9.17, 15) is 4.79 Å². The number of carbonyl (C=O) groups excluding carboxylic acids is 1. The van der Waals surface area contributed by atoms with Gasteiger partial charge in [-0.05, 0) is 31.4 Å². The second kappa shape index (κ2) is 7.79. The predicted octanol–water partition coefficient (Wildman–Crippen LogP) is 4.47. The summed E-state index contributed by atoms with van der Waals surface area (Å²) in [6.45, 7) is 6.59. The van der Waals surface area contributed by atoms with Crippen molar-refractivity contribution in [1.29, 1.82) is 0 Å². The van der Waals surface area contributed by atoms with Crippen molar-refractivity contribution < 1.29 is 4.79 Å². The van der Waals surface area contributed by atoms with E-state index in [4.69, 9.17) is 0 Å². The fourth-order valence-corrected chi connectivity index (χ4v) is 3.15. The summed E-state index contributed by atoms with van der Waals surface area (Å²) < 4.78 is 0. The molecule has 2 nitrogen and oxygen atoms in total. The first-order valence-electron chi connectivity index (χ1n) is 8.00. The van der Waals surface area contributed by atoms with Crippen LogP contribution in [0.3, 0.4) is 0 Å². The number of nitrogens with zero attached hydrogens (tertiary/aromatic N) is 1. The molecule has 0 heterocycles. The van der Waals surface area contributed by atoms with Gasteiger partial charge in [0.2, 0.25) is 5.91 Å². The molecule has 0 bridgehead atoms. The number of rotatable bonds is 6. The van der Waals surface area contributed by atoms with E-state index < -0.39 is 0 Å². The van der Waals surface area contributed by atoms with Gasteiger partial charge in [-0.15, -0.1) is 0 Å². The zero-order valence-corrected chi connectivity index (χ0v) is 13.7. The maximum absolute atomic E-state index is 11.8. The Labute approximate surface area is 133 Å². The van der Waals surface area contributed by atoms with E-state index >= 15 is 0 Å². The van der Waals surface area contributed by atoms with Gasteiger partial charge in [-0.3, -0.25) is 4.79 Å². The molecular formula is C20H25NO. The van der Waals surface area contributed by atoms with E-state index in [0.717, 1.165) is 13.0 Å². The molecule has 2 heteroatoms. The average molecular weight is 295 g/mol. The Hall–Kier alpha value is -2.09. The summed E-state index contributed by atoms with van der Waals surface area (Å²) in [5, 5.41) is 0. The minimum Gasteiger partial charge on any atom is -0.340 e. The molecule has 0 aromatic heterocycles. The molecule has 2 aromatic rings. The Morgan fingerprint density at radius 1 is 0.955 bits per heavy atom. The first-order valence-corrected chi connectivity index (χ1v) is 8.00. The molecule has 0 spiro atoms. The van der Waals surface area contributed by atoms with Crippen LogP contribution < -0.4 is 0 Å². The van der Waals surface area contributed by atoms with Gasteiger partial charge in [-0.25, -0.2) is 0 Å². The lowest BCUT2D eigenvalue weighted by Gasteiger charge is -2.30. The van der Waals surface area contributed by atoms with Gasteiger partial charge >= 0.3 is 0 Å². The lowest BCUT2D eigenvalue weighted by atomic mass is 9.86. The predicted molar refractivity (Wildman–Crippen MR) is 91.9 cm³/mol. The van der Waals surface area contributed by atoms with Crippen molar-refractivity contribution in [1.82, 2.24) is 4.90 Å². The molecule has 1 unspecified atom stereocenters. The smallest absolute Gasteiger partial charge is 0.219 e. The SMILES string of the molecule is CCN(C(C)=O)C(C)CC(c1ccccc1)c1ccccc1. The van der Waals surface area contributed by atoms with Crippen LogP contribution in [0.2, 0.25) is 0 Å². The molecule has 1 amide bonds. The molecule has 2 rings (SSSR count). The van der Waals surface area contributed by atoms with Crippen molar-refractivity contribution in [3.05, 3.63) is 71.8 Å². The van der Waals surface area contributed by atoms with Gasteiger partial charge in [0.25, 0.3) is 0 Å². The highest BCUT2D eigenvalue weighted by Gasteiger charge is 2.22. The molecule has 0 saturated carbocycles. The van der Waals surface area contributed by atoms with Crippen LogP contribution in [-0.4, -0.2) is 23.4 Å². The Morgan fingerprint density at radius 3 is 1.77 bits per heavy atom. The maximum atomic E-state index is 11.8. The van der Waals surface area contributed by atoms with Gasteiger partial charge in [0.05, 0.1) is 0 Å². The van der Waals surface area contributed by atoms with E-state index in [2.05, 4.69) is 55.5 Å². The lowest BCUT2D eigenvalue weighted by Crippen LogP contribution is -2.37. The van der Waals surface area contributed by atoms with Crippen LogP contribution >= 0.6 is 0 Å². The molecule has 0 radical (unpaired) electrons. The van der Waals surface area contributed by atoms with Crippen LogP contribution in [0.1, 0.15) is 44.2 Å². The molecule has 0 aliphatic rings. The summed E-state index contributed by atoms with van der Waals surface area (Å²) in [6.07, 6.45) is 0.932. The van der Waals surface area contributed by atoms with Crippen LogP contribution in [0.5, 0.6) is 0 Å². The third kappa shape index (κ3) is 3.97. The Bertz CT molecular complexity index is 540. The second-order valence-electron chi connectivity index (χ2n) is 5.76. The van der Waals surface area contributed by atoms with Crippen LogP contribution in [0.4, 0.5) is 0 Å². The molecule has 2 aromatic carbocycles. The summed E-state index contributed by atoms with van der Waals surface area (Å²) in [6, 6.07) is 21.3. The standard InChI is InChI=1S/C20H25NO/c1-4-21(17(3)22)16(2)15-20(18-11-7-5-8-12-18)19-13-9-6-10-14-19/h5-14,16,20H,4,15H2,1-3H3. The number of hydrogen-bond acceptors (Lipinski definition) is 1. The highest BCUT2D eigenvalue weighted by molar-refractivity contribution is 5.73. The third-order valence-corrected chi connectivity index (χ3v) is 4.26. The van der Waals surface area contributed by atoms with E-state index in [0.29, 0.717) is 5.92 Å². The number of hydrogen-bond donors (Lipinski definition) is 0. The summed E-state index contributed by atoms with van der Waals surface area (Å²) in [5.41, 5.74) is 2.61. The first kappa shape index (κ1) is 16.3. The molecule has 0 aliphatic carbocycles. The van der Waals surface area contributed by atoms with Crippen LogP contribution in [0, 0.1) is 0 Å². The van der Waals surface area contributed by atoms with Gasteiger partial charge < -0.3 is 4.90 Å². The highest BCUT2D eigenvalue weighted by atomic mass is 16.2. The van der Waals surface area contributed by atoms with Gasteiger partial charge in [0.15, 0.2) is 0 Å². The summed E-state index contributed by atoms with van der Waals surface area (Å²) >= 11 is 0. The van der Waals surface area contributed by atoms with Gasteiger partial charge in [0.1, 0.15) is 0 Å². The van der Waals surface area contributed by atoms with Gasteiger partial charge in [0, 0.05) is 25.4 Å². The summed E-state index contributed by atoms with van der Waals surface area (Å²) in [7, 11) is 0. The monoisotopic (exact) mass is 295 g/mol. The fourth-order valence-electron chi connectivity index (χ4n) is 3.15. The second-order valence-corrected chi connectivity index (χ2v) is 5.76. The molecular weight excluding hydrogens is 270 g/mol. The molecule has 1 atom stereocenters. The topological polar surface area (TPSA) is 20.3 Å². The van der Waals surface area contributed by atoms with Crippen LogP contribution in [-0.2, 0) is 4.79 Å². The summed E-state index contributed by atoms with van der Waals surface area (Å²) in [5.74, 6) is 0.459. The zero-order valence-electron chi connectivity index (χ0n) is 13.7. The minimum absolute atomic E-state index is 0.148. The average Bonchev–Trinajstić information content (AvgIpc) is 2.54. The molecule has 22 heavy (non-hydrogen) atoms.